The van der Waals surface area contributed by atoms with Crippen LogP contribution in [-0.2, 0) is 17.8 Å². The standard InChI is InChI=1S/C21H22N4O2/c1-2-13-22-20(26)15-25-18-11-7-6-10-17(18)24-19(25)12-14-23-21(27)16-8-4-3-5-9-16/h2-11H,1,12-15H2,(H,22,26)(H,23,27). The number of hydrogen-bond acceptors (Lipinski definition) is 3. The maximum atomic E-state index is 12.2. The maximum absolute atomic E-state index is 12.2. The highest BCUT2D eigenvalue weighted by Crippen LogP contribution is 2.16. The predicted octanol–water partition coefficient (Wildman–Crippen LogP) is 2.31. The summed E-state index contributed by atoms with van der Waals surface area (Å²) in [6.45, 7) is 4.64. The summed E-state index contributed by atoms with van der Waals surface area (Å²) in [5.41, 5.74) is 2.35. The summed E-state index contributed by atoms with van der Waals surface area (Å²) in [7, 11) is 0. The predicted molar refractivity (Wildman–Crippen MR) is 105 cm³/mol. The third kappa shape index (κ3) is 4.61. The van der Waals surface area contributed by atoms with Crippen molar-refractivity contribution in [2.45, 2.75) is 13.0 Å². The molecule has 0 spiro atoms. The quantitative estimate of drug-likeness (QED) is 0.604. The Labute approximate surface area is 157 Å². The molecule has 2 aromatic carbocycles. The first-order valence-corrected chi connectivity index (χ1v) is 8.84. The second kappa shape index (κ2) is 8.80. The third-order valence-electron chi connectivity index (χ3n) is 4.15. The van der Waals surface area contributed by atoms with Crippen LogP contribution in [0.1, 0.15) is 16.2 Å². The van der Waals surface area contributed by atoms with Gasteiger partial charge in [0.1, 0.15) is 12.4 Å². The minimum Gasteiger partial charge on any atom is -0.352 e. The van der Waals surface area contributed by atoms with Gasteiger partial charge in [-0.05, 0) is 24.3 Å². The zero-order valence-electron chi connectivity index (χ0n) is 15.0. The van der Waals surface area contributed by atoms with Crippen LogP contribution in [0.2, 0.25) is 0 Å². The van der Waals surface area contributed by atoms with E-state index in [0.29, 0.717) is 25.1 Å². The molecule has 0 aliphatic carbocycles. The number of nitrogens with zero attached hydrogens (tertiary/aromatic N) is 2. The fourth-order valence-corrected chi connectivity index (χ4v) is 2.86. The van der Waals surface area contributed by atoms with Gasteiger partial charge in [-0.25, -0.2) is 4.98 Å². The molecular weight excluding hydrogens is 340 g/mol. The highest BCUT2D eigenvalue weighted by Gasteiger charge is 2.13. The van der Waals surface area contributed by atoms with Gasteiger partial charge < -0.3 is 15.2 Å². The Morgan fingerprint density at radius 3 is 2.56 bits per heavy atom. The molecule has 0 saturated carbocycles. The minimum absolute atomic E-state index is 0.104. The van der Waals surface area contributed by atoms with Crippen molar-refractivity contribution in [3.05, 3.63) is 78.6 Å². The molecular formula is C21H22N4O2. The van der Waals surface area contributed by atoms with E-state index in [2.05, 4.69) is 22.2 Å². The van der Waals surface area contributed by atoms with Crippen molar-refractivity contribution in [1.29, 1.82) is 0 Å². The summed E-state index contributed by atoms with van der Waals surface area (Å²) in [4.78, 5) is 29.0. The van der Waals surface area contributed by atoms with E-state index in [-0.39, 0.29) is 18.4 Å². The highest BCUT2D eigenvalue weighted by atomic mass is 16.2. The van der Waals surface area contributed by atoms with Crippen molar-refractivity contribution in [1.82, 2.24) is 20.2 Å². The average Bonchev–Trinajstić information content (AvgIpc) is 3.04. The van der Waals surface area contributed by atoms with Crippen LogP contribution in [0.3, 0.4) is 0 Å². The molecule has 27 heavy (non-hydrogen) atoms. The summed E-state index contributed by atoms with van der Waals surface area (Å²) in [5, 5.41) is 5.68. The molecule has 3 aromatic rings. The normalized spacial score (nSPS) is 10.5. The number of fused-ring (bicyclic) bond motifs is 1. The van der Waals surface area contributed by atoms with Crippen molar-refractivity contribution in [3.8, 4) is 0 Å². The number of rotatable bonds is 8. The number of imidazole rings is 1. The van der Waals surface area contributed by atoms with Gasteiger partial charge in [-0.2, -0.15) is 0 Å². The first kappa shape index (κ1) is 18.4. The first-order valence-electron chi connectivity index (χ1n) is 8.84. The molecule has 0 aliphatic rings. The Hall–Kier alpha value is -3.41. The monoisotopic (exact) mass is 362 g/mol. The number of amides is 2. The van der Waals surface area contributed by atoms with Crippen LogP contribution in [0, 0.1) is 0 Å². The van der Waals surface area contributed by atoms with E-state index in [9.17, 15) is 9.59 Å². The van der Waals surface area contributed by atoms with E-state index >= 15 is 0 Å². The number of nitrogens with one attached hydrogen (secondary N) is 2. The molecule has 6 nitrogen and oxygen atoms in total. The fourth-order valence-electron chi connectivity index (χ4n) is 2.86. The molecule has 0 fully saturated rings. The van der Waals surface area contributed by atoms with Crippen LogP contribution in [0.5, 0.6) is 0 Å². The Morgan fingerprint density at radius 1 is 1.04 bits per heavy atom. The van der Waals surface area contributed by atoms with E-state index in [0.717, 1.165) is 16.9 Å². The lowest BCUT2D eigenvalue weighted by Gasteiger charge is -2.10. The highest BCUT2D eigenvalue weighted by molar-refractivity contribution is 5.94. The van der Waals surface area contributed by atoms with Crippen LogP contribution < -0.4 is 10.6 Å². The van der Waals surface area contributed by atoms with Crippen molar-refractivity contribution in [2.24, 2.45) is 0 Å². The van der Waals surface area contributed by atoms with Gasteiger partial charge >= 0.3 is 0 Å². The molecule has 2 N–H and O–H groups in total. The molecule has 0 atom stereocenters. The maximum Gasteiger partial charge on any atom is 0.251 e. The number of carbonyl (C=O) groups excluding carboxylic acids is 2. The molecule has 6 heteroatoms. The number of para-hydroxylation sites is 2. The Balaban J connectivity index is 1.71. The molecule has 0 saturated heterocycles. The smallest absolute Gasteiger partial charge is 0.251 e. The van der Waals surface area contributed by atoms with Crippen molar-refractivity contribution in [2.75, 3.05) is 13.1 Å². The second-order valence-corrected chi connectivity index (χ2v) is 6.07. The molecule has 0 aliphatic heterocycles. The van der Waals surface area contributed by atoms with Crippen molar-refractivity contribution in [3.63, 3.8) is 0 Å². The van der Waals surface area contributed by atoms with E-state index < -0.39 is 0 Å². The van der Waals surface area contributed by atoms with Gasteiger partial charge in [0, 0.05) is 25.1 Å². The lowest BCUT2D eigenvalue weighted by Crippen LogP contribution is -2.29. The van der Waals surface area contributed by atoms with E-state index in [1.54, 1.807) is 18.2 Å². The topological polar surface area (TPSA) is 76.0 Å². The van der Waals surface area contributed by atoms with Crippen molar-refractivity contribution >= 4 is 22.8 Å². The molecule has 2 amide bonds. The van der Waals surface area contributed by atoms with Crippen LogP contribution >= 0.6 is 0 Å². The molecule has 3 rings (SSSR count). The number of hydrogen-bond donors (Lipinski definition) is 2. The molecule has 1 heterocycles. The van der Waals surface area contributed by atoms with Crippen LogP contribution in [0.25, 0.3) is 11.0 Å². The number of carbonyl (C=O) groups is 2. The summed E-state index contributed by atoms with van der Waals surface area (Å²) in [6.07, 6.45) is 2.17. The van der Waals surface area contributed by atoms with Crippen LogP contribution in [0.4, 0.5) is 0 Å². The Bertz CT molecular complexity index is 947. The molecule has 0 bridgehead atoms. The largest absolute Gasteiger partial charge is 0.352 e. The lowest BCUT2D eigenvalue weighted by molar-refractivity contribution is -0.121. The summed E-state index contributed by atoms with van der Waals surface area (Å²) in [6, 6.07) is 16.8. The summed E-state index contributed by atoms with van der Waals surface area (Å²) < 4.78 is 1.89. The van der Waals surface area contributed by atoms with E-state index in [1.165, 1.54) is 0 Å². The van der Waals surface area contributed by atoms with Gasteiger partial charge in [0.05, 0.1) is 11.0 Å². The Kier molecular flexibility index (Phi) is 5.99. The van der Waals surface area contributed by atoms with Gasteiger partial charge in [-0.1, -0.05) is 36.4 Å². The van der Waals surface area contributed by atoms with Gasteiger partial charge in [0.25, 0.3) is 5.91 Å². The third-order valence-corrected chi connectivity index (χ3v) is 4.15. The van der Waals surface area contributed by atoms with Crippen LogP contribution in [-0.4, -0.2) is 34.5 Å². The molecule has 138 valence electrons. The minimum atomic E-state index is -0.123. The number of aromatic nitrogens is 2. The average molecular weight is 362 g/mol. The van der Waals surface area contributed by atoms with Crippen molar-refractivity contribution < 1.29 is 9.59 Å². The Morgan fingerprint density at radius 2 is 1.78 bits per heavy atom. The fraction of sp³-hybridized carbons (Fsp3) is 0.190. The SMILES string of the molecule is C=CCNC(=O)Cn1c(CCNC(=O)c2ccccc2)nc2ccccc21. The van der Waals surface area contributed by atoms with Crippen LogP contribution in [0.15, 0.2) is 67.3 Å². The zero-order chi connectivity index (χ0) is 19.1. The summed E-state index contributed by atoms with van der Waals surface area (Å²) >= 11 is 0. The lowest BCUT2D eigenvalue weighted by atomic mass is 10.2. The van der Waals surface area contributed by atoms with E-state index in [1.807, 2.05) is 47.0 Å². The van der Waals surface area contributed by atoms with Gasteiger partial charge in [-0.3, -0.25) is 9.59 Å². The molecule has 0 unspecified atom stereocenters. The van der Waals surface area contributed by atoms with Gasteiger partial charge in [0.2, 0.25) is 5.91 Å². The zero-order valence-corrected chi connectivity index (χ0v) is 15.0. The summed E-state index contributed by atoms with van der Waals surface area (Å²) in [5.74, 6) is 0.535. The van der Waals surface area contributed by atoms with E-state index in [4.69, 9.17) is 0 Å². The first-order chi connectivity index (χ1) is 13.2. The molecule has 0 radical (unpaired) electrons. The van der Waals surface area contributed by atoms with Gasteiger partial charge in [-0.15, -0.1) is 6.58 Å². The number of benzene rings is 2. The molecule has 1 aromatic heterocycles. The van der Waals surface area contributed by atoms with Gasteiger partial charge in [0.15, 0.2) is 0 Å². The second-order valence-electron chi connectivity index (χ2n) is 6.07.